The van der Waals surface area contributed by atoms with Gasteiger partial charge in [-0.25, -0.2) is 9.59 Å². The summed E-state index contributed by atoms with van der Waals surface area (Å²) in [5.74, 6) is -2.42. The Hall–Kier alpha value is -1.79. The van der Waals surface area contributed by atoms with E-state index in [1.807, 2.05) is 13.8 Å². The average Bonchev–Trinajstić information content (AvgIpc) is 2.12. The number of aliphatic carboxylic acids is 2. The number of hydrogen-bond acceptors (Lipinski definition) is 3. The molecule has 7 heteroatoms. The second-order valence-corrected chi connectivity index (χ2v) is 3.74. The molecule has 16 heavy (non-hydrogen) atoms. The Balaban J connectivity index is 4.13. The number of carbonyl (C=O) groups excluding carboxylic acids is 1. The van der Waals surface area contributed by atoms with Crippen molar-refractivity contribution in [3.05, 3.63) is 0 Å². The number of carboxylic acid groups (broad SMARTS) is 2. The zero-order valence-electron chi connectivity index (χ0n) is 9.19. The van der Waals surface area contributed by atoms with E-state index < -0.39 is 30.4 Å². The SMILES string of the molecule is CC(C)CNC(=O)NC(CC(=O)O)C(=O)O. The van der Waals surface area contributed by atoms with Crippen LogP contribution in [0.4, 0.5) is 4.79 Å². The van der Waals surface area contributed by atoms with Gasteiger partial charge < -0.3 is 20.8 Å². The van der Waals surface area contributed by atoms with Gasteiger partial charge in [0.25, 0.3) is 0 Å². The fraction of sp³-hybridized carbons (Fsp3) is 0.667. The first kappa shape index (κ1) is 14.2. The second-order valence-electron chi connectivity index (χ2n) is 3.74. The van der Waals surface area contributed by atoms with E-state index in [1.54, 1.807) is 0 Å². The van der Waals surface area contributed by atoms with E-state index in [0.29, 0.717) is 6.54 Å². The lowest BCUT2D eigenvalue weighted by Gasteiger charge is -2.14. The molecule has 2 amide bonds. The van der Waals surface area contributed by atoms with Crippen LogP contribution in [0.25, 0.3) is 0 Å². The highest BCUT2D eigenvalue weighted by Gasteiger charge is 2.22. The second kappa shape index (κ2) is 6.65. The molecule has 92 valence electrons. The third-order valence-electron chi connectivity index (χ3n) is 1.65. The molecule has 0 aromatic heterocycles. The first-order chi connectivity index (χ1) is 7.32. The minimum absolute atomic E-state index is 0.230. The van der Waals surface area contributed by atoms with Crippen LogP contribution in [0.2, 0.25) is 0 Å². The van der Waals surface area contributed by atoms with Crippen LogP contribution in [0.1, 0.15) is 20.3 Å². The smallest absolute Gasteiger partial charge is 0.326 e. The molecule has 1 unspecified atom stereocenters. The summed E-state index contributed by atoms with van der Waals surface area (Å²) >= 11 is 0. The summed E-state index contributed by atoms with van der Waals surface area (Å²) in [6.45, 7) is 4.16. The average molecular weight is 232 g/mol. The van der Waals surface area contributed by atoms with Crippen molar-refractivity contribution in [2.75, 3.05) is 6.54 Å². The molecule has 0 aromatic carbocycles. The Labute approximate surface area is 92.8 Å². The van der Waals surface area contributed by atoms with Gasteiger partial charge in [0.1, 0.15) is 6.04 Å². The van der Waals surface area contributed by atoms with Gasteiger partial charge in [-0.15, -0.1) is 0 Å². The van der Waals surface area contributed by atoms with Gasteiger partial charge in [0.2, 0.25) is 0 Å². The highest BCUT2D eigenvalue weighted by Crippen LogP contribution is 1.93. The molecule has 7 nitrogen and oxygen atoms in total. The fourth-order valence-electron chi connectivity index (χ4n) is 0.881. The molecule has 0 spiro atoms. The summed E-state index contributed by atoms with van der Waals surface area (Å²) in [5, 5.41) is 21.6. The number of urea groups is 1. The van der Waals surface area contributed by atoms with E-state index in [2.05, 4.69) is 10.6 Å². The minimum atomic E-state index is -1.41. The van der Waals surface area contributed by atoms with Crippen molar-refractivity contribution in [3.63, 3.8) is 0 Å². The van der Waals surface area contributed by atoms with Crippen LogP contribution >= 0.6 is 0 Å². The predicted molar refractivity (Wildman–Crippen MR) is 55.0 cm³/mol. The maximum Gasteiger partial charge on any atom is 0.326 e. The number of hydrogen-bond donors (Lipinski definition) is 4. The highest BCUT2D eigenvalue weighted by atomic mass is 16.4. The molecule has 0 fully saturated rings. The van der Waals surface area contributed by atoms with Crippen LogP contribution in [0.3, 0.4) is 0 Å². The molecule has 0 rings (SSSR count). The topological polar surface area (TPSA) is 116 Å². The number of rotatable bonds is 6. The Bertz CT molecular complexity index is 277. The van der Waals surface area contributed by atoms with Gasteiger partial charge in [-0.1, -0.05) is 13.8 Å². The van der Waals surface area contributed by atoms with Crippen LogP contribution in [-0.4, -0.2) is 40.8 Å². The summed E-state index contributed by atoms with van der Waals surface area (Å²) in [7, 11) is 0. The third-order valence-corrected chi connectivity index (χ3v) is 1.65. The lowest BCUT2D eigenvalue weighted by atomic mass is 10.2. The Kier molecular flexibility index (Phi) is 5.91. The lowest BCUT2D eigenvalue weighted by Crippen LogP contribution is -2.47. The number of amides is 2. The third kappa shape index (κ3) is 6.63. The van der Waals surface area contributed by atoms with Crippen LogP contribution in [0.5, 0.6) is 0 Å². The Morgan fingerprint density at radius 3 is 2.12 bits per heavy atom. The summed E-state index contributed by atoms with van der Waals surface area (Å²) in [6.07, 6.45) is -0.648. The van der Waals surface area contributed by atoms with Crippen molar-refractivity contribution in [1.82, 2.24) is 10.6 Å². The van der Waals surface area contributed by atoms with Crippen molar-refractivity contribution >= 4 is 18.0 Å². The molecule has 1 atom stereocenters. The summed E-state index contributed by atoms with van der Waals surface area (Å²) in [4.78, 5) is 32.1. The molecule has 0 radical (unpaired) electrons. The molecule has 0 aliphatic carbocycles. The number of nitrogens with one attached hydrogen (secondary N) is 2. The molecule has 0 saturated heterocycles. The molecular weight excluding hydrogens is 216 g/mol. The van der Waals surface area contributed by atoms with Gasteiger partial charge in [0.05, 0.1) is 6.42 Å². The van der Waals surface area contributed by atoms with Crippen LogP contribution < -0.4 is 10.6 Å². The lowest BCUT2D eigenvalue weighted by molar-refractivity contribution is -0.145. The summed E-state index contributed by atoms with van der Waals surface area (Å²) < 4.78 is 0. The molecule has 0 saturated carbocycles. The molecule has 0 aromatic rings. The molecule has 0 heterocycles. The van der Waals surface area contributed by atoms with E-state index >= 15 is 0 Å². The predicted octanol–water partition coefficient (Wildman–Crippen LogP) is -0.130. The highest BCUT2D eigenvalue weighted by molar-refractivity contribution is 5.86. The Morgan fingerprint density at radius 2 is 1.75 bits per heavy atom. The molecule has 0 bridgehead atoms. The molecular formula is C9H16N2O5. The van der Waals surface area contributed by atoms with Gasteiger partial charge in [0, 0.05) is 6.54 Å². The van der Waals surface area contributed by atoms with Crippen LogP contribution in [0, 0.1) is 5.92 Å². The first-order valence-electron chi connectivity index (χ1n) is 4.82. The number of carboxylic acids is 2. The number of carbonyl (C=O) groups is 3. The zero-order valence-corrected chi connectivity index (χ0v) is 9.19. The first-order valence-corrected chi connectivity index (χ1v) is 4.82. The largest absolute Gasteiger partial charge is 0.481 e. The monoisotopic (exact) mass is 232 g/mol. The van der Waals surface area contributed by atoms with Crippen molar-refractivity contribution in [1.29, 1.82) is 0 Å². The van der Waals surface area contributed by atoms with E-state index in [0.717, 1.165) is 0 Å². The molecule has 0 aliphatic rings. The van der Waals surface area contributed by atoms with Gasteiger partial charge >= 0.3 is 18.0 Å². The van der Waals surface area contributed by atoms with E-state index in [-0.39, 0.29) is 5.92 Å². The van der Waals surface area contributed by atoms with Crippen molar-refractivity contribution in [2.45, 2.75) is 26.3 Å². The van der Waals surface area contributed by atoms with Crippen LogP contribution in [-0.2, 0) is 9.59 Å². The standard InChI is InChI=1S/C9H16N2O5/c1-5(2)4-10-9(16)11-6(8(14)15)3-7(12)13/h5-6H,3-4H2,1-2H3,(H,12,13)(H,14,15)(H2,10,11,16). The van der Waals surface area contributed by atoms with E-state index in [4.69, 9.17) is 10.2 Å². The van der Waals surface area contributed by atoms with Gasteiger partial charge in [0.15, 0.2) is 0 Å². The normalized spacial score (nSPS) is 11.9. The van der Waals surface area contributed by atoms with Gasteiger partial charge in [-0.3, -0.25) is 4.79 Å². The van der Waals surface area contributed by atoms with Crippen molar-refractivity contribution in [2.24, 2.45) is 5.92 Å². The molecule has 4 N–H and O–H groups in total. The van der Waals surface area contributed by atoms with E-state index in [1.165, 1.54) is 0 Å². The summed E-state index contributed by atoms with van der Waals surface area (Å²) in [5.41, 5.74) is 0. The minimum Gasteiger partial charge on any atom is -0.481 e. The van der Waals surface area contributed by atoms with Gasteiger partial charge in [-0.05, 0) is 5.92 Å². The quantitative estimate of drug-likeness (QED) is 0.509. The Morgan fingerprint density at radius 1 is 1.19 bits per heavy atom. The molecule has 0 aliphatic heterocycles. The zero-order chi connectivity index (χ0) is 12.7. The van der Waals surface area contributed by atoms with Gasteiger partial charge in [-0.2, -0.15) is 0 Å². The van der Waals surface area contributed by atoms with E-state index in [9.17, 15) is 14.4 Å². The fourth-order valence-corrected chi connectivity index (χ4v) is 0.881. The van der Waals surface area contributed by atoms with Crippen molar-refractivity contribution in [3.8, 4) is 0 Å². The maximum atomic E-state index is 11.2. The van der Waals surface area contributed by atoms with Crippen molar-refractivity contribution < 1.29 is 24.6 Å². The maximum absolute atomic E-state index is 11.2. The van der Waals surface area contributed by atoms with Crippen LogP contribution in [0.15, 0.2) is 0 Å². The summed E-state index contributed by atoms with van der Waals surface area (Å²) in [6, 6.07) is -2.09.